The van der Waals surface area contributed by atoms with Crippen molar-refractivity contribution in [1.29, 1.82) is 0 Å². The molecule has 1 aliphatic rings. The van der Waals surface area contributed by atoms with Crippen LogP contribution in [-0.4, -0.2) is 16.4 Å². The van der Waals surface area contributed by atoms with Gasteiger partial charge < -0.3 is 5.32 Å². The number of hydrogen-bond acceptors (Lipinski definition) is 4. The first-order valence-electron chi connectivity index (χ1n) is 9.30. The van der Waals surface area contributed by atoms with Crippen LogP contribution in [0.15, 0.2) is 61.1 Å². The van der Waals surface area contributed by atoms with Crippen molar-refractivity contribution in [3.63, 3.8) is 0 Å². The fourth-order valence-corrected chi connectivity index (χ4v) is 3.64. The van der Waals surface area contributed by atoms with E-state index < -0.39 is 0 Å². The lowest BCUT2D eigenvalue weighted by atomic mass is 9.90. The molecule has 0 radical (unpaired) electrons. The Balaban J connectivity index is 1.67. The molecule has 0 spiro atoms. The molecular weight excluding hydrogens is 336 g/mol. The highest BCUT2D eigenvalue weighted by atomic mass is 16.1. The van der Waals surface area contributed by atoms with Gasteiger partial charge in [-0.2, -0.15) is 0 Å². The molecule has 2 aromatic heterocycles. The van der Waals surface area contributed by atoms with Gasteiger partial charge in [-0.1, -0.05) is 12.1 Å². The third kappa shape index (κ3) is 3.67. The van der Waals surface area contributed by atoms with Crippen molar-refractivity contribution in [2.24, 2.45) is 0 Å². The number of pyridine rings is 2. The summed E-state index contributed by atoms with van der Waals surface area (Å²) in [5, 5.41) is 3.35. The summed E-state index contributed by atoms with van der Waals surface area (Å²) < 4.78 is 0. The number of fused-ring (bicyclic) bond motifs is 1. The van der Waals surface area contributed by atoms with Crippen LogP contribution in [0.5, 0.6) is 0 Å². The number of benzene rings is 1. The van der Waals surface area contributed by atoms with Crippen molar-refractivity contribution in [1.82, 2.24) is 9.97 Å². The van der Waals surface area contributed by atoms with Crippen LogP contribution in [0.1, 0.15) is 29.5 Å². The maximum absolute atomic E-state index is 12.1. The molecule has 1 N–H and O–H groups in total. The molecule has 3 aromatic rings. The number of carbonyl (C=O) groups is 1. The number of rotatable bonds is 6. The van der Waals surface area contributed by atoms with Gasteiger partial charge in [0, 0.05) is 25.1 Å². The summed E-state index contributed by atoms with van der Waals surface area (Å²) in [7, 11) is 0. The van der Waals surface area contributed by atoms with Crippen LogP contribution < -0.4 is 10.2 Å². The first-order valence-corrected chi connectivity index (χ1v) is 9.30. The van der Waals surface area contributed by atoms with Gasteiger partial charge in [-0.25, -0.2) is 4.98 Å². The number of aromatic nitrogens is 2. The third-order valence-electron chi connectivity index (χ3n) is 4.99. The Hall–Kier alpha value is -3.21. The lowest BCUT2D eigenvalue weighted by molar-refractivity contribution is -0.106. The Morgan fingerprint density at radius 3 is 2.63 bits per heavy atom. The van der Waals surface area contributed by atoms with E-state index in [0.29, 0.717) is 12.4 Å². The summed E-state index contributed by atoms with van der Waals surface area (Å²) in [6.07, 6.45) is 10.6. The van der Waals surface area contributed by atoms with Crippen LogP contribution in [0.4, 0.5) is 17.2 Å². The standard InChI is InChI=1S/C22H22N4O/c27-16-26(20-8-3-6-18-5-1-2-7-19(18)20)21-9-4-12-24-22(21)25-15-17-10-13-23-14-11-17/h3-4,6,8-14,16H,1-2,5,7,15H2,(H,24,25). The molecule has 4 rings (SSSR count). The Morgan fingerprint density at radius 2 is 1.78 bits per heavy atom. The molecule has 1 aliphatic carbocycles. The number of hydrogen-bond donors (Lipinski definition) is 1. The van der Waals surface area contributed by atoms with E-state index >= 15 is 0 Å². The summed E-state index contributed by atoms with van der Waals surface area (Å²) in [6.45, 7) is 0.617. The average Bonchev–Trinajstić information content (AvgIpc) is 2.74. The number of aryl methyl sites for hydroxylation is 1. The highest BCUT2D eigenvalue weighted by Gasteiger charge is 2.20. The number of nitrogens with one attached hydrogen (secondary N) is 1. The van der Waals surface area contributed by atoms with E-state index in [1.807, 2.05) is 36.4 Å². The van der Waals surface area contributed by atoms with Gasteiger partial charge in [0.25, 0.3) is 0 Å². The van der Waals surface area contributed by atoms with Gasteiger partial charge in [0.15, 0.2) is 5.82 Å². The van der Waals surface area contributed by atoms with Crippen LogP contribution in [0.2, 0.25) is 0 Å². The molecule has 5 heteroatoms. The van der Waals surface area contributed by atoms with Crippen molar-refractivity contribution in [2.45, 2.75) is 32.2 Å². The van der Waals surface area contributed by atoms with Gasteiger partial charge in [0.2, 0.25) is 6.41 Å². The zero-order chi connectivity index (χ0) is 18.5. The Morgan fingerprint density at radius 1 is 0.963 bits per heavy atom. The Bertz CT molecular complexity index is 927. The quantitative estimate of drug-likeness (QED) is 0.669. The molecule has 136 valence electrons. The minimum Gasteiger partial charge on any atom is -0.364 e. The second-order valence-corrected chi connectivity index (χ2v) is 6.68. The highest BCUT2D eigenvalue weighted by molar-refractivity contribution is 5.92. The minimum absolute atomic E-state index is 0.617. The van der Waals surface area contributed by atoms with Crippen LogP contribution in [0, 0.1) is 0 Å². The molecule has 0 bridgehead atoms. The largest absolute Gasteiger partial charge is 0.364 e. The number of nitrogens with zero attached hydrogens (tertiary/aromatic N) is 3. The maximum atomic E-state index is 12.1. The van der Waals surface area contributed by atoms with E-state index in [9.17, 15) is 4.79 Å². The maximum Gasteiger partial charge on any atom is 0.218 e. The van der Waals surface area contributed by atoms with E-state index in [0.717, 1.165) is 42.6 Å². The summed E-state index contributed by atoms with van der Waals surface area (Å²) in [5.41, 5.74) is 5.46. The van der Waals surface area contributed by atoms with E-state index in [2.05, 4.69) is 21.4 Å². The minimum atomic E-state index is 0.617. The smallest absolute Gasteiger partial charge is 0.218 e. The van der Waals surface area contributed by atoms with E-state index in [4.69, 9.17) is 0 Å². The van der Waals surface area contributed by atoms with Gasteiger partial charge >= 0.3 is 0 Å². The molecule has 27 heavy (non-hydrogen) atoms. The van der Waals surface area contributed by atoms with Crippen molar-refractivity contribution in [3.8, 4) is 0 Å². The van der Waals surface area contributed by atoms with Crippen LogP contribution in [0.3, 0.4) is 0 Å². The molecule has 1 amide bonds. The Labute approximate surface area is 159 Å². The van der Waals surface area contributed by atoms with Gasteiger partial charge in [-0.3, -0.25) is 14.7 Å². The molecule has 0 saturated heterocycles. The SMILES string of the molecule is O=CN(c1cccnc1NCc1ccncc1)c1cccc2c1CCCC2. The molecule has 1 aromatic carbocycles. The monoisotopic (exact) mass is 358 g/mol. The summed E-state index contributed by atoms with van der Waals surface area (Å²) in [4.78, 5) is 22.3. The molecular formula is C22H22N4O. The predicted octanol–water partition coefficient (Wildman–Crippen LogP) is 4.26. The normalized spacial score (nSPS) is 12.9. The van der Waals surface area contributed by atoms with Gasteiger partial charge in [-0.15, -0.1) is 0 Å². The van der Waals surface area contributed by atoms with E-state index in [-0.39, 0.29) is 0 Å². The van der Waals surface area contributed by atoms with E-state index in [1.54, 1.807) is 23.5 Å². The van der Waals surface area contributed by atoms with Crippen molar-refractivity contribution in [3.05, 3.63) is 77.7 Å². The zero-order valence-electron chi connectivity index (χ0n) is 15.1. The fourth-order valence-electron chi connectivity index (χ4n) is 3.64. The zero-order valence-corrected chi connectivity index (χ0v) is 15.1. The van der Waals surface area contributed by atoms with Crippen LogP contribution in [0.25, 0.3) is 0 Å². The first-order chi connectivity index (χ1) is 13.4. The topological polar surface area (TPSA) is 58.1 Å². The molecule has 0 saturated carbocycles. The highest BCUT2D eigenvalue weighted by Crippen LogP contribution is 2.36. The van der Waals surface area contributed by atoms with E-state index in [1.165, 1.54) is 17.5 Å². The Kier molecular flexibility index (Phi) is 5.10. The summed E-state index contributed by atoms with van der Waals surface area (Å²) >= 11 is 0. The van der Waals surface area contributed by atoms with Gasteiger partial charge in [0.05, 0.1) is 11.4 Å². The molecule has 0 aliphatic heterocycles. The molecule has 0 unspecified atom stereocenters. The van der Waals surface area contributed by atoms with Crippen LogP contribution in [-0.2, 0) is 24.2 Å². The van der Waals surface area contributed by atoms with Crippen molar-refractivity contribution < 1.29 is 4.79 Å². The fraction of sp³-hybridized carbons (Fsp3) is 0.227. The lowest BCUT2D eigenvalue weighted by Gasteiger charge is -2.26. The lowest BCUT2D eigenvalue weighted by Crippen LogP contribution is -2.20. The first kappa shape index (κ1) is 17.2. The molecule has 0 atom stereocenters. The summed E-state index contributed by atoms with van der Waals surface area (Å²) in [6, 6.07) is 13.9. The molecule has 2 heterocycles. The number of carbonyl (C=O) groups excluding carboxylic acids is 1. The second-order valence-electron chi connectivity index (χ2n) is 6.68. The van der Waals surface area contributed by atoms with Crippen LogP contribution >= 0.6 is 0 Å². The number of anilines is 3. The van der Waals surface area contributed by atoms with Crippen molar-refractivity contribution >= 4 is 23.6 Å². The number of amides is 1. The van der Waals surface area contributed by atoms with Gasteiger partial charge in [-0.05, 0) is 72.7 Å². The second kappa shape index (κ2) is 7.99. The molecule has 0 fully saturated rings. The van der Waals surface area contributed by atoms with Crippen molar-refractivity contribution in [2.75, 3.05) is 10.2 Å². The average molecular weight is 358 g/mol. The third-order valence-corrected chi connectivity index (χ3v) is 4.99. The predicted molar refractivity (Wildman–Crippen MR) is 107 cm³/mol. The molecule has 5 nitrogen and oxygen atoms in total. The van der Waals surface area contributed by atoms with Gasteiger partial charge in [0.1, 0.15) is 0 Å². The summed E-state index contributed by atoms with van der Waals surface area (Å²) in [5.74, 6) is 0.690.